The lowest BCUT2D eigenvalue weighted by molar-refractivity contribution is -0.168. The lowest BCUT2D eigenvalue weighted by atomic mass is 10.0. The third-order valence-corrected chi connectivity index (χ3v) is 5.34. The molecule has 1 aromatic rings. The minimum absolute atomic E-state index is 0.00666. The molecule has 10 heteroatoms. The number of ether oxygens (including phenoxy) is 2. The van der Waals surface area contributed by atoms with Gasteiger partial charge in [-0.05, 0) is 19.1 Å². The van der Waals surface area contributed by atoms with Gasteiger partial charge in [-0.1, -0.05) is 34.5 Å². The van der Waals surface area contributed by atoms with Crippen molar-refractivity contribution in [3.05, 3.63) is 34.7 Å². The monoisotopic (exact) mass is 391 g/mol. The molecule has 1 aliphatic rings. The lowest BCUT2D eigenvalue weighted by Gasteiger charge is -2.35. The van der Waals surface area contributed by atoms with E-state index in [-0.39, 0.29) is 11.3 Å². The molecular formula is C15H18ClNO7S. The number of benzene rings is 1. The van der Waals surface area contributed by atoms with Crippen LogP contribution in [-0.4, -0.2) is 44.8 Å². The van der Waals surface area contributed by atoms with Crippen LogP contribution in [0.4, 0.5) is 0 Å². The first kappa shape index (κ1) is 19.8. The van der Waals surface area contributed by atoms with Crippen molar-refractivity contribution < 1.29 is 26.9 Å². The Balaban J connectivity index is 2.09. The highest BCUT2D eigenvalue weighted by atomic mass is 35.5. The van der Waals surface area contributed by atoms with Gasteiger partial charge in [-0.25, -0.2) is 0 Å². The van der Waals surface area contributed by atoms with Gasteiger partial charge in [-0.2, -0.15) is 13.3 Å². The second kappa shape index (κ2) is 8.22. The van der Waals surface area contributed by atoms with Gasteiger partial charge in [0, 0.05) is 13.3 Å². The first-order valence-electron chi connectivity index (χ1n) is 7.48. The van der Waals surface area contributed by atoms with Crippen LogP contribution in [0, 0.1) is 11.8 Å². The van der Waals surface area contributed by atoms with Crippen LogP contribution >= 0.6 is 11.6 Å². The zero-order valence-corrected chi connectivity index (χ0v) is 15.2. The summed E-state index contributed by atoms with van der Waals surface area (Å²) in [7, 11) is -4.01. The third kappa shape index (κ3) is 5.21. The van der Waals surface area contributed by atoms with Gasteiger partial charge >= 0.3 is 5.97 Å². The molecule has 2 rings (SSSR count). The van der Waals surface area contributed by atoms with Crippen molar-refractivity contribution in [2.75, 3.05) is 6.61 Å². The summed E-state index contributed by atoms with van der Waals surface area (Å²) in [6.45, 7) is 2.61. The Morgan fingerprint density at radius 1 is 1.36 bits per heavy atom. The molecule has 8 nitrogen and oxygen atoms in total. The van der Waals surface area contributed by atoms with Gasteiger partial charge in [-0.3, -0.25) is 8.98 Å². The molecular weight excluding hydrogens is 374 g/mol. The van der Waals surface area contributed by atoms with Crippen LogP contribution < -0.4 is 0 Å². The van der Waals surface area contributed by atoms with Crippen LogP contribution in [-0.2, 0) is 28.6 Å². The molecule has 0 unspecified atom stereocenters. The van der Waals surface area contributed by atoms with Crippen molar-refractivity contribution in [3.63, 3.8) is 0 Å². The molecule has 138 valence electrons. The first-order valence-corrected chi connectivity index (χ1v) is 9.32. The molecule has 1 heterocycles. The maximum atomic E-state index is 12.2. The summed E-state index contributed by atoms with van der Waals surface area (Å²) in [5.74, 6) is -0.599. The molecule has 0 amide bonds. The fourth-order valence-corrected chi connectivity index (χ4v) is 3.55. The van der Waals surface area contributed by atoms with Crippen LogP contribution in [0.15, 0.2) is 34.3 Å². The van der Waals surface area contributed by atoms with Crippen molar-refractivity contribution in [1.82, 2.24) is 0 Å². The molecule has 1 aromatic carbocycles. The normalized spacial score (nSPS) is 26.8. The Labute approximate surface area is 150 Å². The number of hydrogen-bond acceptors (Lipinski definition) is 8. The van der Waals surface area contributed by atoms with Gasteiger partial charge in [-0.15, -0.1) is 0 Å². The molecule has 25 heavy (non-hydrogen) atoms. The minimum Gasteiger partial charge on any atom is -0.460 e. The van der Waals surface area contributed by atoms with E-state index in [2.05, 4.69) is 5.18 Å². The van der Waals surface area contributed by atoms with Crippen LogP contribution in [0.5, 0.6) is 0 Å². The molecule has 1 fully saturated rings. The lowest BCUT2D eigenvalue weighted by Crippen LogP contribution is -2.48. The summed E-state index contributed by atoms with van der Waals surface area (Å²) in [6.07, 6.45) is -1.80. The molecule has 0 aliphatic carbocycles. The van der Waals surface area contributed by atoms with Crippen molar-refractivity contribution >= 4 is 27.7 Å². The number of rotatable bonds is 6. The first-order chi connectivity index (χ1) is 11.7. The Bertz CT molecular complexity index is 722. The van der Waals surface area contributed by atoms with Gasteiger partial charge in [0.15, 0.2) is 5.56 Å². The van der Waals surface area contributed by atoms with Crippen LogP contribution in [0.3, 0.4) is 0 Å². The topological polar surface area (TPSA) is 108 Å². The number of hydrogen-bond donors (Lipinski definition) is 0. The summed E-state index contributed by atoms with van der Waals surface area (Å²) in [6, 6.07) is 5.23. The zero-order valence-electron chi connectivity index (χ0n) is 13.6. The molecule has 1 saturated heterocycles. The maximum Gasteiger partial charge on any atom is 0.302 e. The van der Waals surface area contributed by atoms with Crippen molar-refractivity contribution in [2.24, 2.45) is 5.18 Å². The van der Waals surface area contributed by atoms with Gasteiger partial charge in [0.2, 0.25) is 0 Å². The average molecular weight is 392 g/mol. The fraction of sp³-hybridized carbons (Fsp3) is 0.533. The molecule has 0 saturated carbocycles. The number of nitroso groups, excluding NO2 is 1. The van der Waals surface area contributed by atoms with E-state index in [0.717, 1.165) is 5.56 Å². The Hall–Kier alpha value is -1.55. The van der Waals surface area contributed by atoms with E-state index in [0.29, 0.717) is 0 Å². The van der Waals surface area contributed by atoms with E-state index >= 15 is 0 Å². The number of alkyl halides is 1. The molecule has 0 spiro atoms. The number of nitrogens with zero attached hydrogens (tertiary/aromatic N) is 1. The molecule has 0 bridgehead atoms. The van der Waals surface area contributed by atoms with E-state index in [1.165, 1.54) is 19.1 Å². The molecule has 1 aliphatic heterocycles. The van der Waals surface area contributed by atoms with E-state index < -0.39 is 46.5 Å². The Kier molecular flexibility index (Phi) is 6.50. The Morgan fingerprint density at radius 3 is 2.56 bits per heavy atom. The number of halogens is 1. The van der Waals surface area contributed by atoms with Gasteiger partial charge < -0.3 is 9.47 Å². The van der Waals surface area contributed by atoms with E-state index in [9.17, 15) is 18.1 Å². The summed E-state index contributed by atoms with van der Waals surface area (Å²) < 4.78 is 39.9. The standard InChI is InChI=1S/C15H18ClNO7S/c1-9-3-5-11(6-4-9)25(20,21)22-8-14-13(23-10(2)18)7-12(17-19)15(16)24-14/h3-6,12-15H,7-8H2,1-2H3/t12-,13+,14-,15+/m1/s1. The van der Waals surface area contributed by atoms with E-state index in [4.69, 9.17) is 25.3 Å². The smallest absolute Gasteiger partial charge is 0.302 e. The number of carbonyl (C=O) groups excluding carboxylic acids is 1. The number of aryl methyl sites for hydroxylation is 1. The summed E-state index contributed by atoms with van der Waals surface area (Å²) in [4.78, 5) is 22.0. The van der Waals surface area contributed by atoms with Gasteiger partial charge in [0.25, 0.3) is 10.1 Å². The van der Waals surface area contributed by atoms with Crippen LogP contribution in [0.2, 0.25) is 0 Å². The third-order valence-electron chi connectivity index (χ3n) is 3.65. The zero-order chi connectivity index (χ0) is 18.6. The minimum atomic E-state index is -4.01. The predicted molar refractivity (Wildman–Crippen MR) is 88.6 cm³/mol. The highest BCUT2D eigenvalue weighted by molar-refractivity contribution is 7.86. The van der Waals surface area contributed by atoms with Crippen LogP contribution in [0.25, 0.3) is 0 Å². The quantitative estimate of drug-likeness (QED) is 0.316. The SMILES string of the molecule is CC(=O)O[C@H]1C[C@@H](N=O)[C@@H](Cl)O[C@@H]1COS(=O)(=O)c1ccc(C)cc1. The van der Waals surface area contributed by atoms with Crippen LogP contribution in [0.1, 0.15) is 18.9 Å². The molecule has 4 atom stereocenters. The molecule has 0 aromatic heterocycles. The van der Waals surface area contributed by atoms with Crippen molar-refractivity contribution in [2.45, 2.75) is 49.0 Å². The summed E-state index contributed by atoms with van der Waals surface area (Å²) in [5.41, 5.74) is -0.151. The largest absolute Gasteiger partial charge is 0.460 e. The van der Waals surface area contributed by atoms with E-state index in [1.807, 2.05) is 6.92 Å². The fourth-order valence-electron chi connectivity index (χ4n) is 2.35. The number of carbonyl (C=O) groups is 1. The summed E-state index contributed by atoms with van der Waals surface area (Å²) >= 11 is 5.90. The van der Waals surface area contributed by atoms with Crippen molar-refractivity contribution in [3.8, 4) is 0 Å². The van der Waals surface area contributed by atoms with Crippen molar-refractivity contribution in [1.29, 1.82) is 0 Å². The van der Waals surface area contributed by atoms with Gasteiger partial charge in [0.1, 0.15) is 18.2 Å². The second-order valence-electron chi connectivity index (χ2n) is 5.63. The highest BCUT2D eigenvalue weighted by Crippen LogP contribution is 2.28. The Morgan fingerprint density at radius 2 is 2.00 bits per heavy atom. The predicted octanol–water partition coefficient (Wildman–Crippen LogP) is 2.12. The average Bonchev–Trinajstić information content (AvgIpc) is 2.54. The van der Waals surface area contributed by atoms with E-state index in [1.54, 1.807) is 12.1 Å². The second-order valence-corrected chi connectivity index (χ2v) is 7.68. The maximum absolute atomic E-state index is 12.2. The summed E-state index contributed by atoms with van der Waals surface area (Å²) in [5, 5.41) is 2.83. The highest BCUT2D eigenvalue weighted by Gasteiger charge is 2.41. The molecule has 0 radical (unpaired) electrons. The van der Waals surface area contributed by atoms with Gasteiger partial charge in [0.05, 0.1) is 11.5 Å². The number of esters is 1. The molecule has 0 N–H and O–H groups in total.